The van der Waals surface area contributed by atoms with Crippen LogP contribution in [0.2, 0.25) is 10.0 Å². The largest absolute Gasteiger partial charge is 0.487 e. The Labute approximate surface area is 195 Å². The van der Waals surface area contributed by atoms with Crippen molar-refractivity contribution in [2.75, 3.05) is 5.32 Å². The summed E-state index contributed by atoms with van der Waals surface area (Å²) in [6, 6.07) is 16.4. The molecule has 0 fully saturated rings. The second-order valence-electron chi connectivity index (χ2n) is 7.10. The van der Waals surface area contributed by atoms with Crippen molar-refractivity contribution >= 4 is 40.9 Å². The number of nitrogens with one attached hydrogen (secondary N) is 1. The maximum absolute atomic E-state index is 13.5. The maximum atomic E-state index is 13.5. The van der Waals surface area contributed by atoms with Crippen LogP contribution in [0.4, 0.5) is 10.1 Å². The van der Waals surface area contributed by atoms with E-state index in [1.54, 1.807) is 18.2 Å². The van der Waals surface area contributed by atoms with Gasteiger partial charge >= 0.3 is 0 Å². The summed E-state index contributed by atoms with van der Waals surface area (Å²) in [7, 11) is 0. The van der Waals surface area contributed by atoms with Gasteiger partial charge in [-0.05, 0) is 66.9 Å². The molecule has 3 rings (SSSR count). The minimum absolute atomic E-state index is 0.0382. The molecule has 0 saturated heterocycles. The molecule has 162 valence electrons. The van der Waals surface area contributed by atoms with Gasteiger partial charge in [0.25, 0.3) is 5.91 Å². The summed E-state index contributed by atoms with van der Waals surface area (Å²) in [5, 5.41) is 12.9. The van der Waals surface area contributed by atoms with Crippen LogP contribution >= 0.6 is 23.2 Å². The molecule has 0 bridgehead atoms. The molecule has 0 aliphatic carbocycles. The number of aryl methyl sites for hydroxylation is 1. The molecule has 1 amide bonds. The van der Waals surface area contributed by atoms with Gasteiger partial charge in [-0.15, -0.1) is 0 Å². The minimum atomic E-state index is -0.576. The van der Waals surface area contributed by atoms with E-state index < -0.39 is 5.91 Å². The van der Waals surface area contributed by atoms with Gasteiger partial charge in [-0.1, -0.05) is 47.5 Å². The molecule has 1 N–H and O–H groups in total. The highest BCUT2D eigenvalue weighted by Gasteiger charge is 2.15. The Bertz CT molecular complexity index is 1250. The lowest BCUT2D eigenvalue weighted by Gasteiger charge is -2.13. The predicted octanol–water partition coefficient (Wildman–Crippen LogP) is 6.87. The Hall–Kier alpha value is -3.33. The fourth-order valence-corrected chi connectivity index (χ4v) is 3.57. The molecular weight excluding hydrogens is 450 g/mol. The van der Waals surface area contributed by atoms with Crippen LogP contribution in [0, 0.1) is 31.0 Å². The lowest BCUT2D eigenvalue weighted by molar-refractivity contribution is -0.112. The van der Waals surface area contributed by atoms with Gasteiger partial charge in [0.05, 0.1) is 5.02 Å². The Morgan fingerprint density at radius 1 is 1.16 bits per heavy atom. The van der Waals surface area contributed by atoms with Crippen LogP contribution in [0.25, 0.3) is 6.08 Å². The summed E-state index contributed by atoms with van der Waals surface area (Å²) in [5.74, 6) is -0.732. The van der Waals surface area contributed by atoms with Crippen LogP contribution in [0.1, 0.15) is 22.3 Å². The van der Waals surface area contributed by atoms with Gasteiger partial charge in [-0.25, -0.2) is 4.39 Å². The predicted molar refractivity (Wildman–Crippen MR) is 125 cm³/mol. The third kappa shape index (κ3) is 5.67. The van der Waals surface area contributed by atoms with Crippen LogP contribution < -0.4 is 10.1 Å². The first-order valence-corrected chi connectivity index (χ1v) is 10.4. The molecule has 4 nitrogen and oxygen atoms in total. The normalized spacial score (nSPS) is 11.1. The highest BCUT2D eigenvalue weighted by molar-refractivity contribution is 6.36. The first kappa shape index (κ1) is 23.3. The summed E-state index contributed by atoms with van der Waals surface area (Å²) in [6.07, 6.45) is 1.36. The SMILES string of the molecule is Cc1cccc(NC(=O)/C(C#N)=C/c2cc(Cl)cc(Cl)c2OCc2cccc(F)c2)c1C. The van der Waals surface area contributed by atoms with Gasteiger partial charge in [0.15, 0.2) is 0 Å². The van der Waals surface area contributed by atoms with E-state index in [9.17, 15) is 14.4 Å². The van der Waals surface area contributed by atoms with Crippen molar-refractivity contribution < 1.29 is 13.9 Å². The number of ether oxygens (including phenoxy) is 1. The van der Waals surface area contributed by atoms with Gasteiger partial charge in [-0.3, -0.25) is 4.79 Å². The minimum Gasteiger partial charge on any atom is -0.487 e. The van der Waals surface area contributed by atoms with Crippen molar-refractivity contribution in [3.05, 3.63) is 98.3 Å². The van der Waals surface area contributed by atoms with Gasteiger partial charge in [-0.2, -0.15) is 5.26 Å². The monoisotopic (exact) mass is 468 g/mol. The third-order valence-electron chi connectivity index (χ3n) is 4.83. The summed E-state index contributed by atoms with van der Waals surface area (Å²) in [6.45, 7) is 3.86. The summed E-state index contributed by atoms with van der Waals surface area (Å²) in [5.41, 5.74) is 3.33. The average molecular weight is 469 g/mol. The van der Waals surface area contributed by atoms with Gasteiger partial charge in [0.1, 0.15) is 29.8 Å². The molecule has 0 radical (unpaired) electrons. The number of amides is 1. The average Bonchev–Trinajstić information content (AvgIpc) is 2.74. The molecule has 7 heteroatoms. The fraction of sp³-hybridized carbons (Fsp3) is 0.120. The van der Waals surface area contributed by atoms with Crippen LogP contribution in [0.5, 0.6) is 5.75 Å². The first-order chi connectivity index (χ1) is 15.3. The molecule has 3 aromatic rings. The number of hydrogen-bond acceptors (Lipinski definition) is 3. The number of rotatable bonds is 6. The fourth-order valence-electron chi connectivity index (χ4n) is 3.00. The van der Waals surface area contributed by atoms with E-state index in [1.807, 2.05) is 32.0 Å². The van der Waals surface area contributed by atoms with Gasteiger partial charge < -0.3 is 10.1 Å². The van der Waals surface area contributed by atoms with Crippen molar-refractivity contribution in [2.24, 2.45) is 0 Å². The smallest absolute Gasteiger partial charge is 0.266 e. The van der Waals surface area contributed by atoms with Crippen molar-refractivity contribution in [1.82, 2.24) is 0 Å². The topological polar surface area (TPSA) is 62.1 Å². The van der Waals surface area contributed by atoms with Crippen LogP contribution in [0.3, 0.4) is 0 Å². The Morgan fingerprint density at radius 3 is 2.62 bits per heavy atom. The van der Waals surface area contributed by atoms with E-state index >= 15 is 0 Å². The van der Waals surface area contributed by atoms with Gasteiger partial charge in [0, 0.05) is 16.3 Å². The number of nitriles is 1. The standard InChI is InChI=1S/C25H19Cl2FN2O2/c1-15-5-3-8-23(16(15)2)30-25(31)19(13-29)10-18-11-20(26)12-22(27)24(18)32-14-17-6-4-7-21(28)9-17/h3-12H,14H2,1-2H3,(H,30,31)/b19-10+. The number of halogens is 3. The third-order valence-corrected chi connectivity index (χ3v) is 5.33. The van der Waals surface area contributed by atoms with Gasteiger partial charge in [0.2, 0.25) is 0 Å². The lowest BCUT2D eigenvalue weighted by Crippen LogP contribution is -2.14. The molecule has 3 aromatic carbocycles. The number of benzene rings is 3. The maximum Gasteiger partial charge on any atom is 0.266 e. The zero-order chi connectivity index (χ0) is 23.3. The van der Waals surface area contributed by atoms with E-state index in [2.05, 4.69) is 5.32 Å². The van der Waals surface area contributed by atoms with E-state index in [0.717, 1.165) is 11.1 Å². The van der Waals surface area contributed by atoms with Crippen molar-refractivity contribution in [1.29, 1.82) is 5.26 Å². The molecule has 0 aliphatic heterocycles. The summed E-state index contributed by atoms with van der Waals surface area (Å²) in [4.78, 5) is 12.8. The Morgan fingerprint density at radius 2 is 1.91 bits per heavy atom. The Balaban J connectivity index is 1.91. The lowest BCUT2D eigenvalue weighted by atomic mass is 10.1. The number of nitrogens with zero attached hydrogens (tertiary/aromatic N) is 1. The van der Waals surface area contributed by atoms with Crippen molar-refractivity contribution in [3.8, 4) is 11.8 Å². The highest BCUT2D eigenvalue weighted by Crippen LogP contribution is 2.34. The molecule has 0 atom stereocenters. The molecule has 0 heterocycles. The summed E-state index contributed by atoms with van der Waals surface area (Å²) >= 11 is 12.4. The molecule has 32 heavy (non-hydrogen) atoms. The molecular formula is C25H19Cl2FN2O2. The van der Waals surface area contributed by atoms with E-state index in [-0.39, 0.29) is 28.8 Å². The molecule has 0 aromatic heterocycles. The van der Waals surface area contributed by atoms with Crippen molar-refractivity contribution in [2.45, 2.75) is 20.5 Å². The summed E-state index contributed by atoms with van der Waals surface area (Å²) < 4.78 is 19.3. The first-order valence-electron chi connectivity index (χ1n) is 9.64. The zero-order valence-corrected chi connectivity index (χ0v) is 18.9. The second-order valence-corrected chi connectivity index (χ2v) is 7.94. The highest BCUT2D eigenvalue weighted by atomic mass is 35.5. The van der Waals surface area contributed by atoms with E-state index in [0.29, 0.717) is 21.8 Å². The van der Waals surface area contributed by atoms with Crippen molar-refractivity contribution in [3.63, 3.8) is 0 Å². The number of anilines is 1. The molecule has 0 aliphatic rings. The van der Waals surface area contributed by atoms with Crippen LogP contribution in [0.15, 0.2) is 60.2 Å². The molecule has 0 spiro atoms. The van der Waals surface area contributed by atoms with Crippen LogP contribution in [-0.2, 0) is 11.4 Å². The Kier molecular flexibility index (Phi) is 7.53. The van der Waals surface area contributed by atoms with E-state index in [4.69, 9.17) is 27.9 Å². The second kappa shape index (κ2) is 10.3. The zero-order valence-electron chi connectivity index (χ0n) is 17.4. The molecule has 0 unspecified atom stereocenters. The number of carbonyl (C=O) groups is 1. The quantitative estimate of drug-likeness (QED) is 0.316. The number of hydrogen-bond donors (Lipinski definition) is 1. The van der Waals surface area contributed by atoms with Crippen LogP contribution in [-0.4, -0.2) is 5.91 Å². The van der Waals surface area contributed by atoms with E-state index in [1.165, 1.54) is 30.3 Å². The number of carbonyl (C=O) groups excluding carboxylic acids is 1. The molecule has 0 saturated carbocycles.